The lowest BCUT2D eigenvalue weighted by Crippen LogP contribution is -2.40. The van der Waals surface area contributed by atoms with Crippen molar-refractivity contribution in [3.8, 4) is 16.3 Å². The van der Waals surface area contributed by atoms with Crippen LogP contribution >= 0.6 is 11.3 Å². The van der Waals surface area contributed by atoms with E-state index in [0.717, 1.165) is 40.6 Å². The molecule has 2 amide bonds. The summed E-state index contributed by atoms with van der Waals surface area (Å²) < 4.78 is 10.8. The van der Waals surface area contributed by atoms with Crippen LogP contribution in [0.1, 0.15) is 17.7 Å². The molecule has 1 aliphatic heterocycles. The zero-order valence-corrected chi connectivity index (χ0v) is 15.3. The lowest BCUT2D eigenvalue weighted by atomic mass is 10.2. The van der Waals surface area contributed by atoms with E-state index in [1.54, 1.807) is 36.6 Å². The van der Waals surface area contributed by atoms with Crippen LogP contribution in [0.4, 0.5) is 4.79 Å². The van der Waals surface area contributed by atoms with Crippen molar-refractivity contribution < 1.29 is 14.3 Å². The highest BCUT2D eigenvalue weighted by atomic mass is 32.1. The second-order valence-corrected chi connectivity index (χ2v) is 7.15. The normalized spacial score (nSPS) is 16.6. The minimum Gasteiger partial charge on any atom is -0.497 e. The molecule has 6 nitrogen and oxygen atoms in total. The van der Waals surface area contributed by atoms with E-state index in [9.17, 15) is 4.79 Å². The highest BCUT2D eigenvalue weighted by Gasteiger charge is 2.20. The molecule has 1 fully saturated rings. The van der Waals surface area contributed by atoms with Gasteiger partial charge in [-0.2, -0.15) is 0 Å². The number of thiazole rings is 1. The number of nitrogens with one attached hydrogen (secondary N) is 1. The van der Waals surface area contributed by atoms with E-state index in [4.69, 9.17) is 9.47 Å². The molecule has 25 heavy (non-hydrogen) atoms. The van der Waals surface area contributed by atoms with Crippen LogP contribution in [0.25, 0.3) is 10.6 Å². The lowest BCUT2D eigenvalue weighted by Gasteiger charge is -2.21. The number of methoxy groups -OCH3 is 1. The molecule has 2 aromatic rings. The van der Waals surface area contributed by atoms with Crippen LogP contribution in [0.2, 0.25) is 0 Å². The molecule has 2 heterocycles. The molecular formula is C18H23N3O3S. The minimum atomic E-state index is -0.0909. The summed E-state index contributed by atoms with van der Waals surface area (Å²) in [6.45, 7) is 1.90. The van der Waals surface area contributed by atoms with E-state index in [2.05, 4.69) is 10.3 Å². The molecule has 0 saturated carbocycles. The Morgan fingerprint density at radius 3 is 3.16 bits per heavy atom. The zero-order valence-electron chi connectivity index (χ0n) is 14.5. The Labute approximate surface area is 151 Å². The zero-order chi connectivity index (χ0) is 17.6. The minimum absolute atomic E-state index is 0.0909. The van der Waals surface area contributed by atoms with E-state index < -0.39 is 0 Å². The first-order valence-corrected chi connectivity index (χ1v) is 9.17. The maximum atomic E-state index is 12.2. The van der Waals surface area contributed by atoms with Gasteiger partial charge in [-0.05, 0) is 25.0 Å². The number of hydrogen-bond acceptors (Lipinski definition) is 5. The Balaban J connectivity index is 1.53. The molecule has 0 radical (unpaired) electrons. The van der Waals surface area contributed by atoms with E-state index in [0.29, 0.717) is 13.1 Å². The average Bonchev–Trinajstić information content (AvgIpc) is 3.31. The third kappa shape index (κ3) is 4.70. The van der Waals surface area contributed by atoms with E-state index in [1.165, 1.54) is 0 Å². The standard InChI is InChI=1S/C18H23N3O3S/c1-21(12-15-7-4-8-24-15)18(22)20-11-16-10-19-17(25-16)13-5-3-6-14(9-13)23-2/h3,5-6,9-10,15H,4,7-8,11-12H2,1-2H3,(H,20,22). The van der Waals surface area contributed by atoms with Crippen LogP contribution in [0, 0.1) is 0 Å². The van der Waals surface area contributed by atoms with E-state index in [-0.39, 0.29) is 12.1 Å². The number of rotatable bonds is 6. The van der Waals surface area contributed by atoms with Crippen LogP contribution < -0.4 is 10.1 Å². The molecular weight excluding hydrogens is 338 g/mol. The first-order chi connectivity index (χ1) is 12.2. The molecule has 134 valence electrons. The Kier molecular flexibility index (Phi) is 5.88. The summed E-state index contributed by atoms with van der Waals surface area (Å²) in [5, 5.41) is 3.85. The van der Waals surface area contributed by atoms with Gasteiger partial charge in [0.05, 0.1) is 19.8 Å². The van der Waals surface area contributed by atoms with Gasteiger partial charge in [0.1, 0.15) is 10.8 Å². The van der Waals surface area contributed by atoms with Crippen molar-refractivity contribution in [2.75, 3.05) is 27.3 Å². The van der Waals surface area contributed by atoms with Crippen LogP contribution in [0.15, 0.2) is 30.5 Å². The van der Waals surface area contributed by atoms with Gasteiger partial charge < -0.3 is 19.7 Å². The molecule has 1 atom stereocenters. The Hall–Kier alpha value is -2.12. The summed E-state index contributed by atoms with van der Waals surface area (Å²) in [6, 6.07) is 7.71. The fraction of sp³-hybridized carbons (Fsp3) is 0.444. The van der Waals surface area contributed by atoms with Gasteiger partial charge in [0.2, 0.25) is 0 Å². The second kappa shape index (κ2) is 8.31. The van der Waals surface area contributed by atoms with Crippen LogP contribution in [0.5, 0.6) is 5.75 Å². The third-order valence-corrected chi connectivity index (χ3v) is 5.18. The van der Waals surface area contributed by atoms with Gasteiger partial charge in [-0.15, -0.1) is 11.3 Å². The molecule has 0 bridgehead atoms. The van der Waals surface area contributed by atoms with Gasteiger partial charge in [-0.3, -0.25) is 0 Å². The van der Waals surface area contributed by atoms with Crippen molar-refractivity contribution in [1.29, 1.82) is 0 Å². The number of carbonyl (C=O) groups is 1. The Morgan fingerprint density at radius 1 is 1.52 bits per heavy atom. The average molecular weight is 361 g/mol. The van der Waals surface area contributed by atoms with Crippen molar-refractivity contribution in [2.45, 2.75) is 25.5 Å². The first-order valence-electron chi connectivity index (χ1n) is 8.35. The first kappa shape index (κ1) is 17.7. The number of amides is 2. The monoisotopic (exact) mass is 361 g/mol. The fourth-order valence-electron chi connectivity index (χ4n) is 2.75. The summed E-state index contributed by atoms with van der Waals surface area (Å²) in [5.41, 5.74) is 1.01. The van der Waals surface area contributed by atoms with Gasteiger partial charge in [-0.1, -0.05) is 12.1 Å². The quantitative estimate of drug-likeness (QED) is 0.858. The maximum absolute atomic E-state index is 12.2. The van der Waals surface area contributed by atoms with Crippen molar-refractivity contribution >= 4 is 17.4 Å². The number of benzene rings is 1. The van der Waals surface area contributed by atoms with Crippen molar-refractivity contribution in [3.63, 3.8) is 0 Å². The smallest absolute Gasteiger partial charge is 0.317 e. The SMILES string of the molecule is COc1cccc(-c2ncc(CNC(=O)N(C)CC3CCCO3)s2)c1. The van der Waals surface area contributed by atoms with Crippen LogP contribution in [-0.4, -0.2) is 49.3 Å². The molecule has 7 heteroatoms. The topological polar surface area (TPSA) is 63.7 Å². The number of hydrogen-bond donors (Lipinski definition) is 1. The van der Waals surface area contributed by atoms with Crippen LogP contribution in [-0.2, 0) is 11.3 Å². The van der Waals surface area contributed by atoms with Gasteiger partial charge in [0, 0.05) is 36.8 Å². The second-order valence-electron chi connectivity index (χ2n) is 6.04. The van der Waals surface area contributed by atoms with Crippen molar-refractivity contribution in [3.05, 3.63) is 35.3 Å². The summed E-state index contributed by atoms with van der Waals surface area (Å²) in [5.74, 6) is 0.804. The summed E-state index contributed by atoms with van der Waals surface area (Å²) >= 11 is 1.57. The fourth-order valence-corrected chi connectivity index (χ4v) is 3.60. The predicted octanol–water partition coefficient (Wildman–Crippen LogP) is 3.14. The number of ether oxygens (including phenoxy) is 2. The molecule has 1 unspecified atom stereocenters. The predicted molar refractivity (Wildman–Crippen MR) is 97.9 cm³/mol. The molecule has 1 aromatic carbocycles. The summed E-state index contributed by atoms with van der Waals surface area (Å²) in [7, 11) is 3.44. The largest absolute Gasteiger partial charge is 0.497 e. The molecule has 1 aromatic heterocycles. The molecule has 1 N–H and O–H groups in total. The molecule has 0 spiro atoms. The number of aromatic nitrogens is 1. The van der Waals surface area contributed by atoms with E-state index in [1.807, 2.05) is 24.3 Å². The van der Waals surface area contributed by atoms with Gasteiger partial charge in [0.25, 0.3) is 0 Å². The van der Waals surface area contributed by atoms with Gasteiger partial charge in [-0.25, -0.2) is 9.78 Å². The van der Waals surface area contributed by atoms with Crippen molar-refractivity contribution in [2.24, 2.45) is 0 Å². The lowest BCUT2D eigenvalue weighted by molar-refractivity contribution is 0.0874. The Bertz CT molecular complexity index is 713. The number of likely N-dealkylation sites (N-methyl/N-ethyl adjacent to an activating group) is 1. The highest BCUT2D eigenvalue weighted by molar-refractivity contribution is 7.15. The molecule has 0 aliphatic carbocycles. The maximum Gasteiger partial charge on any atom is 0.317 e. The highest BCUT2D eigenvalue weighted by Crippen LogP contribution is 2.27. The summed E-state index contributed by atoms with van der Waals surface area (Å²) in [6.07, 6.45) is 4.07. The number of nitrogens with zero attached hydrogens (tertiary/aromatic N) is 2. The Morgan fingerprint density at radius 2 is 2.40 bits per heavy atom. The molecule has 1 aliphatic rings. The third-order valence-electron chi connectivity index (χ3n) is 4.13. The molecule has 3 rings (SSSR count). The summed E-state index contributed by atoms with van der Waals surface area (Å²) in [4.78, 5) is 19.3. The van der Waals surface area contributed by atoms with Gasteiger partial charge >= 0.3 is 6.03 Å². The number of urea groups is 1. The van der Waals surface area contributed by atoms with Crippen LogP contribution in [0.3, 0.4) is 0 Å². The molecule has 1 saturated heterocycles. The van der Waals surface area contributed by atoms with Crippen molar-refractivity contribution in [1.82, 2.24) is 15.2 Å². The number of carbonyl (C=O) groups excluding carboxylic acids is 1. The van der Waals surface area contributed by atoms with Gasteiger partial charge in [0.15, 0.2) is 0 Å². The van der Waals surface area contributed by atoms with E-state index >= 15 is 0 Å².